The highest BCUT2D eigenvalue weighted by atomic mass is 35.5. The van der Waals surface area contributed by atoms with Crippen LogP contribution in [0.3, 0.4) is 0 Å². The molecule has 0 aliphatic rings. The number of ether oxygens (including phenoxy) is 1. The number of alkyl halides is 1. The molecular formula is C11H10ClNO. The maximum Gasteiger partial charge on any atom is 0.190 e. The van der Waals surface area contributed by atoms with E-state index in [1.165, 1.54) is 0 Å². The van der Waals surface area contributed by atoms with E-state index in [0.29, 0.717) is 11.3 Å². The van der Waals surface area contributed by atoms with E-state index in [4.69, 9.17) is 21.6 Å². The lowest BCUT2D eigenvalue weighted by Crippen LogP contribution is -2.04. The maximum atomic E-state index is 8.57. The lowest BCUT2D eigenvalue weighted by Gasteiger charge is -2.08. The monoisotopic (exact) mass is 207 g/mol. The van der Waals surface area contributed by atoms with Crippen molar-refractivity contribution in [3.8, 4) is 11.8 Å². The van der Waals surface area contributed by atoms with Crippen LogP contribution in [0.25, 0.3) is 0 Å². The van der Waals surface area contributed by atoms with Gasteiger partial charge in [-0.05, 0) is 37.3 Å². The van der Waals surface area contributed by atoms with Crippen molar-refractivity contribution < 1.29 is 4.74 Å². The first-order chi connectivity index (χ1) is 6.76. The molecule has 1 aromatic rings. The third kappa shape index (κ3) is 3.12. The van der Waals surface area contributed by atoms with Crippen LogP contribution < -0.4 is 4.74 Å². The van der Waals surface area contributed by atoms with Gasteiger partial charge in [0.2, 0.25) is 0 Å². The molecule has 0 bridgehead atoms. The Labute approximate surface area is 88.4 Å². The van der Waals surface area contributed by atoms with Crippen LogP contribution in [0.15, 0.2) is 36.4 Å². The molecule has 0 spiro atoms. The quantitative estimate of drug-likeness (QED) is 0.564. The van der Waals surface area contributed by atoms with Crippen LogP contribution >= 0.6 is 11.6 Å². The minimum atomic E-state index is -0.465. The van der Waals surface area contributed by atoms with Crippen LogP contribution in [0.1, 0.15) is 12.5 Å². The van der Waals surface area contributed by atoms with Gasteiger partial charge in [0.15, 0.2) is 5.56 Å². The molecular weight excluding hydrogens is 198 g/mol. The van der Waals surface area contributed by atoms with Crippen molar-refractivity contribution in [2.45, 2.75) is 12.5 Å². The van der Waals surface area contributed by atoms with Crippen LogP contribution in [0.5, 0.6) is 5.75 Å². The van der Waals surface area contributed by atoms with Gasteiger partial charge in [0.1, 0.15) is 5.75 Å². The molecule has 1 aromatic carbocycles. The molecule has 0 aliphatic heterocycles. The number of hydrogen-bond acceptors (Lipinski definition) is 2. The maximum absolute atomic E-state index is 8.57. The Hall–Kier alpha value is -1.46. The Kier molecular flexibility index (Phi) is 4.03. The molecule has 1 unspecified atom stereocenters. The minimum Gasteiger partial charge on any atom is -0.471 e. The van der Waals surface area contributed by atoms with Gasteiger partial charge in [0.25, 0.3) is 0 Å². The molecule has 0 amide bonds. The molecule has 0 aromatic heterocycles. The van der Waals surface area contributed by atoms with Gasteiger partial charge >= 0.3 is 0 Å². The molecule has 0 saturated heterocycles. The van der Waals surface area contributed by atoms with E-state index >= 15 is 0 Å². The summed E-state index contributed by atoms with van der Waals surface area (Å²) >= 11 is 5.82. The summed E-state index contributed by atoms with van der Waals surface area (Å²) in [6.07, 6.45) is 3.56. The highest BCUT2D eigenvalue weighted by molar-refractivity contribution is 6.21. The van der Waals surface area contributed by atoms with E-state index in [1.807, 2.05) is 19.1 Å². The topological polar surface area (TPSA) is 33.0 Å². The van der Waals surface area contributed by atoms with Gasteiger partial charge in [-0.2, -0.15) is 5.26 Å². The van der Waals surface area contributed by atoms with Crippen LogP contribution in [0.2, 0.25) is 0 Å². The van der Waals surface area contributed by atoms with E-state index in [-0.39, 0.29) is 0 Å². The smallest absolute Gasteiger partial charge is 0.190 e. The number of nitrogens with zero attached hydrogens (tertiary/aromatic N) is 1. The molecule has 1 atom stereocenters. The average molecular weight is 208 g/mol. The largest absolute Gasteiger partial charge is 0.471 e. The summed E-state index contributed by atoms with van der Waals surface area (Å²) < 4.78 is 5.32. The molecule has 0 fully saturated rings. The second-order valence-electron chi connectivity index (χ2n) is 2.63. The van der Waals surface area contributed by atoms with Crippen molar-refractivity contribution >= 4 is 11.6 Å². The fraction of sp³-hybridized carbons (Fsp3) is 0.182. The van der Waals surface area contributed by atoms with E-state index in [1.54, 1.807) is 30.3 Å². The predicted octanol–water partition coefficient (Wildman–Crippen LogP) is 3.08. The second-order valence-corrected chi connectivity index (χ2v) is 3.06. The summed E-state index contributed by atoms with van der Waals surface area (Å²) in [5, 5.41) is 8.57. The molecule has 1 rings (SSSR count). The number of hydrogen-bond donors (Lipinski definition) is 0. The number of allylic oxidation sites excluding steroid dienone is 1. The average Bonchev–Trinajstić information content (AvgIpc) is 2.19. The molecule has 0 heterocycles. The van der Waals surface area contributed by atoms with Crippen molar-refractivity contribution in [3.63, 3.8) is 0 Å². The van der Waals surface area contributed by atoms with Gasteiger partial charge in [-0.1, -0.05) is 17.7 Å². The van der Waals surface area contributed by atoms with E-state index < -0.39 is 5.56 Å². The van der Waals surface area contributed by atoms with E-state index in [0.717, 1.165) is 0 Å². The summed E-state index contributed by atoms with van der Waals surface area (Å²) in [5.41, 5.74) is 0.141. The molecule has 0 radical (unpaired) electrons. The van der Waals surface area contributed by atoms with Gasteiger partial charge in [-0.3, -0.25) is 0 Å². The second kappa shape index (κ2) is 5.31. The van der Waals surface area contributed by atoms with Gasteiger partial charge in [-0.15, -0.1) is 0 Å². The first kappa shape index (κ1) is 10.6. The number of halogens is 1. The minimum absolute atomic E-state index is 0.465. The Morgan fingerprint density at radius 2 is 2.07 bits per heavy atom. The van der Waals surface area contributed by atoms with Crippen molar-refractivity contribution in [1.82, 2.24) is 0 Å². The predicted molar refractivity (Wildman–Crippen MR) is 56.2 cm³/mol. The summed E-state index contributed by atoms with van der Waals surface area (Å²) in [6.45, 7) is 1.87. The molecule has 14 heavy (non-hydrogen) atoms. The SMILES string of the molecule is CC=CC(Cl)Oc1ccc(C#N)cc1. The summed E-state index contributed by atoms with van der Waals surface area (Å²) in [5.74, 6) is 0.655. The first-order valence-corrected chi connectivity index (χ1v) is 4.63. The molecule has 72 valence electrons. The fourth-order valence-corrected chi connectivity index (χ4v) is 1.18. The summed E-state index contributed by atoms with van der Waals surface area (Å²) in [4.78, 5) is 0. The fourth-order valence-electron chi connectivity index (χ4n) is 0.929. The highest BCUT2D eigenvalue weighted by Crippen LogP contribution is 2.15. The Morgan fingerprint density at radius 1 is 1.43 bits per heavy atom. The first-order valence-electron chi connectivity index (χ1n) is 4.20. The Morgan fingerprint density at radius 3 is 2.57 bits per heavy atom. The zero-order chi connectivity index (χ0) is 10.4. The third-order valence-corrected chi connectivity index (χ3v) is 1.81. The van der Waals surface area contributed by atoms with Crippen molar-refractivity contribution in [2.24, 2.45) is 0 Å². The van der Waals surface area contributed by atoms with Crippen LogP contribution in [-0.4, -0.2) is 5.56 Å². The van der Waals surface area contributed by atoms with Gasteiger partial charge in [-0.25, -0.2) is 0 Å². The Bertz CT molecular complexity index is 351. The lowest BCUT2D eigenvalue weighted by atomic mass is 10.2. The highest BCUT2D eigenvalue weighted by Gasteiger charge is 2.00. The van der Waals surface area contributed by atoms with Crippen molar-refractivity contribution in [3.05, 3.63) is 42.0 Å². The standard InChI is InChI=1S/C11H10ClNO/c1-2-3-11(12)14-10-6-4-9(8-13)5-7-10/h2-7,11H,1H3. The van der Waals surface area contributed by atoms with Gasteiger partial charge in [0.05, 0.1) is 11.6 Å². The normalized spacial score (nSPS) is 12.4. The molecule has 3 heteroatoms. The zero-order valence-corrected chi connectivity index (χ0v) is 8.53. The van der Waals surface area contributed by atoms with Crippen LogP contribution in [0.4, 0.5) is 0 Å². The van der Waals surface area contributed by atoms with Crippen molar-refractivity contribution in [1.29, 1.82) is 5.26 Å². The summed E-state index contributed by atoms with van der Waals surface area (Å²) in [6, 6.07) is 8.85. The Balaban J connectivity index is 2.65. The molecule has 2 nitrogen and oxygen atoms in total. The number of rotatable bonds is 3. The molecule has 0 saturated carbocycles. The van der Waals surface area contributed by atoms with Crippen molar-refractivity contribution in [2.75, 3.05) is 0 Å². The lowest BCUT2D eigenvalue weighted by molar-refractivity contribution is 0.326. The van der Waals surface area contributed by atoms with E-state index in [2.05, 4.69) is 0 Å². The number of nitriles is 1. The van der Waals surface area contributed by atoms with Crippen LogP contribution in [0, 0.1) is 11.3 Å². The zero-order valence-electron chi connectivity index (χ0n) is 7.77. The molecule has 0 N–H and O–H groups in total. The van der Waals surface area contributed by atoms with Gasteiger partial charge < -0.3 is 4.74 Å². The van der Waals surface area contributed by atoms with Crippen LogP contribution in [-0.2, 0) is 0 Å². The third-order valence-electron chi connectivity index (χ3n) is 1.58. The summed E-state index contributed by atoms with van der Waals surface area (Å²) in [7, 11) is 0. The molecule has 0 aliphatic carbocycles. The number of benzene rings is 1. The van der Waals surface area contributed by atoms with E-state index in [9.17, 15) is 0 Å². The van der Waals surface area contributed by atoms with Gasteiger partial charge in [0, 0.05) is 0 Å².